The van der Waals surface area contributed by atoms with Gasteiger partial charge in [-0.3, -0.25) is 14.5 Å². The van der Waals surface area contributed by atoms with Gasteiger partial charge in [-0.25, -0.2) is 4.39 Å². The Bertz CT molecular complexity index is 1240. The summed E-state index contributed by atoms with van der Waals surface area (Å²) in [6.07, 6.45) is 1.68. The molecule has 4 nitrogen and oxygen atoms in total. The van der Waals surface area contributed by atoms with Gasteiger partial charge in [0.25, 0.3) is 11.1 Å². The Morgan fingerprint density at radius 3 is 2.36 bits per heavy atom. The van der Waals surface area contributed by atoms with Gasteiger partial charge in [0.2, 0.25) is 0 Å². The van der Waals surface area contributed by atoms with Gasteiger partial charge in [0.1, 0.15) is 18.2 Å². The van der Waals surface area contributed by atoms with Crippen LogP contribution >= 0.6 is 43.6 Å². The molecule has 1 saturated heterocycles. The summed E-state index contributed by atoms with van der Waals surface area (Å²) in [7, 11) is 0. The maximum Gasteiger partial charge on any atom is 0.293 e. The van der Waals surface area contributed by atoms with Gasteiger partial charge in [-0.15, -0.1) is 0 Å². The molecule has 3 aromatic rings. The average molecular weight is 591 g/mol. The third kappa shape index (κ3) is 5.75. The van der Waals surface area contributed by atoms with E-state index in [0.29, 0.717) is 22.8 Å². The summed E-state index contributed by atoms with van der Waals surface area (Å²) in [6.45, 7) is 2.55. The zero-order valence-corrected chi connectivity index (χ0v) is 21.5. The van der Waals surface area contributed by atoms with Gasteiger partial charge in [-0.1, -0.05) is 42.0 Å². The van der Waals surface area contributed by atoms with Crippen LogP contribution in [0.3, 0.4) is 0 Å². The fraction of sp³-hybridized carbons (Fsp3) is 0.120. The number of hydrogen-bond acceptors (Lipinski definition) is 4. The molecule has 0 spiro atoms. The first-order chi connectivity index (χ1) is 15.8. The molecule has 0 N–H and O–H groups in total. The minimum absolute atomic E-state index is 0.0986. The molecule has 0 atom stereocenters. The molecule has 0 saturated carbocycles. The maximum atomic E-state index is 13.1. The van der Waals surface area contributed by atoms with E-state index in [4.69, 9.17) is 4.74 Å². The van der Waals surface area contributed by atoms with Crippen molar-refractivity contribution in [3.05, 3.63) is 103 Å². The van der Waals surface area contributed by atoms with E-state index in [0.717, 1.165) is 42.3 Å². The monoisotopic (exact) mass is 589 g/mol. The molecule has 2 amide bonds. The number of aryl methyl sites for hydroxylation is 1. The molecule has 1 fully saturated rings. The highest BCUT2D eigenvalue weighted by Crippen LogP contribution is 2.38. The quantitative estimate of drug-likeness (QED) is 0.279. The first-order valence-corrected chi connectivity index (χ1v) is 12.4. The largest absolute Gasteiger partial charge is 0.487 e. The summed E-state index contributed by atoms with van der Waals surface area (Å²) < 4.78 is 20.6. The van der Waals surface area contributed by atoms with E-state index in [1.165, 1.54) is 12.1 Å². The van der Waals surface area contributed by atoms with Gasteiger partial charge in [0, 0.05) is 0 Å². The highest BCUT2D eigenvalue weighted by atomic mass is 79.9. The second-order valence-corrected chi connectivity index (χ2v) is 10.2. The minimum Gasteiger partial charge on any atom is -0.487 e. The van der Waals surface area contributed by atoms with Crippen LogP contribution in [0.5, 0.6) is 5.75 Å². The number of nitrogens with zero attached hydrogens (tertiary/aromatic N) is 1. The highest BCUT2D eigenvalue weighted by molar-refractivity contribution is 9.11. The zero-order valence-electron chi connectivity index (χ0n) is 17.5. The van der Waals surface area contributed by atoms with Gasteiger partial charge in [0.05, 0.1) is 20.4 Å². The van der Waals surface area contributed by atoms with E-state index in [9.17, 15) is 14.0 Å². The van der Waals surface area contributed by atoms with Crippen molar-refractivity contribution in [2.75, 3.05) is 0 Å². The summed E-state index contributed by atoms with van der Waals surface area (Å²) >= 11 is 7.97. The van der Waals surface area contributed by atoms with E-state index in [1.54, 1.807) is 18.2 Å². The van der Waals surface area contributed by atoms with Crippen molar-refractivity contribution < 1.29 is 18.7 Å². The van der Waals surface area contributed by atoms with Crippen molar-refractivity contribution in [2.24, 2.45) is 0 Å². The van der Waals surface area contributed by atoms with Gasteiger partial charge in [0.15, 0.2) is 0 Å². The Labute approximate surface area is 212 Å². The van der Waals surface area contributed by atoms with E-state index in [-0.39, 0.29) is 23.5 Å². The molecular weight excluding hydrogens is 573 g/mol. The summed E-state index contributed by atoms with van der Waals surface area (Å²) in [6, 6.07) is 17.5. The van der Waals surface area contributed by atoms with Crippen LogP contribution in [0.1, 0.15) is 22.3 Å². The molecule has 1 heterocycles. The van der Waals surface area contributed by atoms with Crippen LogP contribution in [-0.2, 0) is 17.9 Å². The van der Waals surface area contributed by atoms with Gasteiger partial charge in [-0.2, -0.15) is 0 Å². The van der Waals surface area contributed by atoms with Gasteiger partial charge >= 0.3 is 0 Å². The normalized spacial score (nSPS) is 14.9. The van der Waals surface area contributed by atoms with Crippen LogP contribution < -0.4 is 4.74 Å². The highest BCUT2D eigenvalue weighted by Gasteiger charge is 2.35. The van der Waals surface area contributed by atoms with E-state index >= 15 is 0 Å². The molecule has 0 bridgehead atoms. The van der Waals surface area contributed by atoms with Crippen LogP contribution in [0, 0.1) is 12.7 Å². The van der Waals surface area contributed by atoms with Crippen molar-refractivity contribution in [1.82, 2.24) is 4.90 Å². The predicted molar refractivity (Wildman–Crippen MR) is 135 cm³/mol. The Kier molecular flexibility index (Phi) is 7.36. The third-order valence-corrected chi connectivity index (χ3v) is 7.00. The maximum absolute atomic E-state index is 13.1. The summed E-state index contributed by atoms with van der Waals surface area (Å²) in [5.74, 6) is -0.0883. The van der Waals surface area contributed by atoms with Crippen LogP contribution in [0.25, 0.3) is 6.08 Å². The lowest BCUT2D eigenvalue weighted by atomic mass is 10.1. The Morgan fingerprint density at radius 2 is 1.70 bits per heavy atom. The summed E-state index contributed by atoms with van der Waals surface area (Å²) in [4.78, 5) is 26.7. The number of benzene rings is 3. The van der Waals surface area contributed by atoms with Gasteiger partial charge in [-0.05, 0) is 97.6 Å². The topological polar surface area (TPSA) is 46.6 Å². The SMILES string of the molecule is Cc1cccc(COc2c(Br)cc(/C=C3\SC(=O)N(Cc4ccc(F)cc4)C3=O)cc2Br)c1. The number of halogens is 3. The first kappa shape index (κ1) is 23.7. The van der Waals surface area contributed by atoms with E-state index < -0.39 is 0 Å². The van der Waals surface area contributed by atoms with E-state index in [2.05, 4.69) is 37.9 Å². The Hall–Kier alpha value is -2.42. The van der Waals surface area contributed by atoms with Crippen LogP contribution in [0.2, 0.25) is 0 Å². The Morgan fingerprint density at radius 1 is 1.00 bits per heavy atom. The van der Waals surface area contributed by atoms with E-state index in [1.807, 2.05) is 37.3 Å². The molecule has 168 valence electrons. The summed E-state index contributed by atoms with van der Waals surface area (Å²) in [5, 5.41) is -0.355. The predicted octanol–water partition coefficient (Wildman–Crippen LogP) is 7.47. The third-order valence-electron chi connectivity index (χ3n) is 4.91. The molecular formula is C25H18Br2FNO3S. The molecule has 1 aliphatic heterocycles. The molecule has 0 unspecified atom stereocenters. The number of hydrogen-bond donors (Lipinski definition) is 0. The first-order valence-electron chi connectivity index (χ1n) is 9.97. The second-order valence-electron chi connectivity index (χ2n) is 7.49. The molecule has 33 heavy (non-hydrogen) atoms. The average Bonchev–Trinajstić information content (AvgIpc) is 3.02. The molecule has 0 aromatic heterocycles. The molecule has 0 radical (unpaired) electrons. The number of imide groups is 1. The second kappa shape index (κ2) is 10.2. The number of carbonyl (C=O) groups excluding carboxylic acids is 2. The Balaban J connectivity index is 1.49. The lowest BCUT2D eigenvalue weighted by molar-refractivity contribution is -0.123. The fourth-order valence-electron chi connectivity index (χ4n) is 3.32. The van der Waals surface area contributed by atoms with Crippen molar-refractivity contribution in [3.8, 4) is 5.75 Å². The standard InChI is InChI=1S/C25H18Br2FNO3S/c1-15-3-2-4-17(9-15)14-32-23-20(26)10-18(11-21(23)27)12-22-24(30)29(25(31)33-22)13-16-5-7-19(28)8-6-16/h2-12H,13-14H2,1H3/b22-12-. The number of thioether (sulfide) groups is 1. The zero-order chi connectivity index (χ0) is 23.5. The number of carbonyl (C=O) groups is 2. The smallest absolute Gasteiger partial charge is 0.293 e. The molecule has 8 heteroatoms. The van der Waals surface area contributed by atoms with Crippen molar-refractivity contribution in [3.63, 3.8) is 0 Å². The molecule has 4 rings (SSSR count). The van der Waals surface area contributed by atoms with Crippen molar-refractivity contribution in [2.45, 2.75) is 20.1 Å². The fourth-order valence-corrected chi connectivity index (χ4v) is 5.61. The van der Waals surface area contributed by atoms with Gasteiger partial charge < -0.3 is 4.74 Å². The number of rotatable bonds is 6. The van der Waals surface area contributed by atoms with Crippen LogP contribution in [-0.4, -0.2) is 16.0 Å². The number of ether oxygens (including phenoxy) is 1. The van der Waals surface area contributed by atoms with Crippen molar-refractivity contribution in [1.29, 1.82) is 0 Å². The number of amides is 2. The molecule has 0 aliphatic carbocycles. The van der Waals surface area contributed by atoms with Crippen LogP contribution in [0.15, 0.2) is 74.5 Å². The lowest BCUT2D eigenvalue weighted by Gasteiger charge is -2.13. The minimum atomic E-state index is -0.374. The molecule has 1 aliphatic rings. The summed E-state index contributed by atoms with van der Waals surface area (Å²) in [5.41, 5.74) is 3.65. The van der Waals surface area contributed by atoms with Crippen molar-refractivity contribution >= 4 is 60.8 Å². The lowest BCUT2D eigenvalue weighted by Crippen LogP contribution is -2.27. The van der Waals surface area contributed by atoms with Crippen LogP contribution in [0.4, 0.5) is 9.18 Å². The molecule has 3 aromatic carbocycles.